The molecule has 3 aromatic carbocycles. The fourth-order valence-electron chi connectivity index (χ4n) is 3.15. The number of nitrogens with zero attached hydrogens (tertiary/aromatic N) is 1. The first-order valence-corrected chi connectivity index (χ1v) is 11.3. The summed E-state index contributed by atoms with van der Waals surface area (Å²) in [5.41, 5.74) is 3.95. The van der Waals surface area contributed by atoms with Gasteiger partial charge in [-0.05, 0) is 23.3 Å². The first-order chi connectivity index (χ1) is 16.6. The second kappa shape index (κ2) is 11.1. The number of aromatic nitrogens is 1. The van der Waals surface area contributed by atoms with Crippen LogP contribution in [0.5, 0.6) is 11.5 Å². The summed E-state index contributed by atoms with van der Waals surface area (Å²) in [6.07, 6.45) is 0. The standard InChI is InChI=1S/C26H22N2O5S/c1-31-22-9-5-6-10-23(22)32-16-25(30)33-15-24(29)28-26-27-21(17-34-26)20-13-11-19(12-14-20)18-7-3-2-4-8-18/h2-14,17H,15-16H2,1H3,(H,27,28,29). The summed E-state index contributed by atoms with van der Waals surface area (Å²) < 4.78 is 15.5. The Balaban J connectivity index is 1.26. The van der Waals surface area contributed by atoms with Gasteiger partial charge in [-0.2, -0.15) is 0 Å². The number of amides is 1. The minimum atomic E-state index is -0.667. The van der Waals surface area contributed by atoms with Gasteiger partial charge < -0.3 is 14.2 Å². The highest BCUT2D eigenvalue weighted by atomic mass is 32.1. The van der Waals surface area contributed by atoms with Gasteiger partial charge in [0.15, 0.2) is 29.8 Å². The third-order valence-electron chi connectivity index (χ3n) is 4.82. The number of methoxy groups -OCH3 is 1. The Labute approximate surface area is 201 Å². The van der Waals surface area contributed by atoms with E-state index in [1.807, 2.05) is 47.8 Å². The Morgan fingerprint density at radius 3 is 2.21 bits per heavy atom. The van der Waals surface area contributed by atoms with E-state index in [0.29, 0.717) is 16.6 Å². The van der Waals surface area contributed by atoms with Crippen LogP contribution in [0.15, 0.2) is 84.2 Å². The number of ether oxygens (including phenoxy) is 3. The molecule has 34 heavy (non-hydrogen) atoms. The van der Waals surface area contributed by atoms with Gasteiger partial charge in [0.05, 0.1) is 12.8 Å². The van der Waals surface area contributed by atoms with Crippen LogP contribution in [0.3, 0.4) is 0 Å². The molecule has 7 nitrogen and oxygen atoms in total. The minimum Gasteiger partial charge on any atom is -0.493 e. The molecule has 0 aliphatic heterocycles. The molecule has 1 amide bonds. The fourth-order valence-corrected chi connectivity index (χ4v) is 3.88. The molecule has 0 atom stereocenters. The van der Waals surface area contributed by atoms with Crippen LogP contribution in [-0.2, 0) is 14.3 Å². The lowest BCUT2D eigenvalue weighted by molar-refractivity contribution is -0.149. The molecule has 0 saturated carbocycles. The Morgan fingerprint density at radius 2 is 1.47 bits per heavy atom. The molecule has 4 rings (SSSR count). The summed E-state index contributed by atoms with van der Waals surface area (Å²) >= 11 is 1.30. The number of nitrogens with one attached hydrogen (secondary N) is 1. The third-order valence-corrected chi connectivity index (χ3v) is 5.57. The second-order valence-corrected chi connectivity index (χ2v) is 7.99. The van der Waals surface area contributed by atoms with Gasteiger partial charge in [-0.3, -0.25) is 10.1 Å². The topological polar surface area (TPSA) is 86.8 Å². The molecule has 1 aromatic heterocycles. The second-order valence-electron chi connectivity index (χ2n) is 7.13. The van der Waals surface area contributed by atoms with Gasteiger partial charge in [0.2, 0.25) is 0 Å². The average molecular weight is 475 g/mol. The van der Waals surface area contributed by atoms with E-state index in [4.69, 9.17) is 14.2 Å². The summed E-state index contributed by atoms with van der Waals surface area (Å²) in [6, 6.07) is 25.1. The lowest BCUT2D eigenvalue weighted by Gasteiger charge is -2.10. The maximum Gasteiger partial charge on any atom is 0.344 e. The summed E-state index contributed by atoms with van der Waals surface area (Å²) in [4.78, 5) is 28.5. The van der Waals surface area contributed by atoms with Crippen LogP contribution in [0, 0.1) is 0 Å². The number of thiazole rings is 1. The van der Waals surface area contributed by atoms with Gasteiger partial charge in [-0.15, -0.1) is 11.3 Å². The first kappa shape index (κ1) is 23.0. The van der Waals surface area contributed by atoms with E-state index in [9.17, 15) is 9.59 Å². The highest BCUT2D eigenvalue weighted by Gasteiger charge is 2.12. The van der Waals surface area contributed by atoms with E-state index in [1.54, 1.807) is 24.3 Å². The zero-order valence-electron chi connectivity index (χ0n) is 18.4. The zero-order valence-corrected chi connectivity index (χ0v) is 19.2. The molecule has 0 saturated heterocycles. The van der Waals surface area contributed by atoms with Gasteiger partial charge in [-0.1, -0.05) is 66.7 Å². The van der Waals surface area contributed by atoms with Gasteiger partial charge in [0, 0.05) is 10.9 Å². The molecule has 0 aliphatic carbocycles. The SMILES string of the molecule is COc1ccccc1OCC(=O)OCC(=O)Nc1nc(-c2ccc(-c3ccccc3)cc2)cs1. The summed E-state index contributed by atoms with van der Waals surface area (Å²) in [6.45, 7) is -0.775. The average Bonchev–Trinajstić information content (AvgIpc) is 3.35. The quantitative estimate of drug-likeness (QED) is 0.342. The highest BCUT2D eigenvalue weighted by Crippen LogP contribution is 2.28. The van der Waals surface area contributed by atoms with E-state index < -0.39 is 18.5 Å². The number of hydrogen-bond acceptors (Lipinski definition) is 7. The summed E-state index contributed by atoms with van der Waals surface area (Å²) in [7, 11) is 1.51. The number of hydrogen-bond donors (Lipinski definition) is 1. The van der Waals surface area contributed by atoms with Crippen molar-refractivity contribution in [1.29, 1.82) is 0 Å². The van der Waals surface area contributed by atoms with Gasteiger partial charge in [-0.25, -0.2) is 9.78 Å². The Bertz CT molecular complexity index is 1260. The van der Waals surface area contributed by atoms with Crippen molar-refractivity contribution >= 4 is 28.3 Å². The smallest absolute Gasteiger partial charge is 0.344 e. The Morgan fingerprint density at radius 1 is 0.824 bits per heavy atom. The molecule has 0 spiro atoms. The Hall–Kier alpha value is -4.17. The lowest BCUT2D eigenvalue weighted by atomic mass is 10.0. The number of anilines is 1. The molecule has 1 N–H and O–H groups in total. The van der Waals surface area contributed by atoms with Crippen molar-refractivity contribution in [2.24, 2.45) is 0 Å². The van der Waals surface area contributed by atoms with Crippen LogP contribution in [0.25, 0.3) is 22.4 Å². The van der Waals surface area contributed by atoms with Crippen molar-refractivity contribution in [3.05, 3.63) is 84.2 Å². The molecule has 1 heterocycles. The van der Waals surface area contributed by atoms with Crippen LogP contribution >= 0.6 is 11.3 Å². The molecular formula is C26H22N2O5S. The lowest BCUT2D eigenvalue weighted by Crippen LogP contribution is -2.23. The fraction of sp³-hybridized carbons (Fsp3) is 0.115. The van der Waals surface area contributed by atoms with Gasteiger partial charge >= 0.3 is 5.97 Å². The van der Waals surface area contributed by atoms with Crippen LogP contribution in [0.4, 0.5) is 5.13 Å². The number of carbonyl (C=O) groups excluding carboxylic acids is 2. The van der Waals surface area contributed by atoms with Crippen molar-refractivity contribution in [3.8, 4) is 33.9 Å². The molecule has 0 radical (unpaired) electrons. The largest absolute Gasteiger partial charge is 0.493 e. The monoisotopic (exact) mass is 474 g/mol. The van der Waals surface area contributed by atoms with E-state index in [-0.39, 0.29) is 6.61 Å². The number of para-hydroxylation sites is 2. The number of esters is 1. The predicted molar refractivity (Wildman–Crippen MR) is 131 cm³/mol. The molecule has 0 bridgehead atoms. The van der Waals surface area contributed by atoms with Gasteiger partial charge in [0.25, 0.3) is 5.91 Å². The first-order valence-electron chi connectivity index (χ1n) is 10.4. The minimum absolute atomic E-state index is 0.339. The van der Waals surface area contributed by atoms with Crippen molar-refractivity contribution in [3.63, 3.8) is 0 Å². The number of carbonyl (C=O) groups is 2. The molecule has 0 fully saturated rings. The van der Waals surface area contributed by atoms with Crippen molar-refractivity contribution in [2.45, 2.75) is 0 Å². The molecule has 8 heteroatoms. The van der Waals surface area contributed by atoms with E-state index in [0.717, 1.165) is 22.4 Å². The predicted octanol–water partition coefficient (Wildman–Crippen LogP) is 5.05. The number of benzene rings is 3. The van der Waals surface area contributed by atoms with Crippen LogP contribution < -0.4 is 14.8 Å². The Kier molecular flexibility index (Phi) is 7.52. The van der Waals surface area contributed by atoms with E-state index in [1.165, 1.54) is 18.4 Å². The maximum absolute atomic E-state index is 12.2. The summed E-state index contributed by atoms with van der Waals surface area (Å²) in [5.74, 6) is -0.230. The zero-order chi connectivity index (χ0) is 23.8. The van der Waals surface area contributed by atoms with Crippen molar-refractivity contribution in [1.82, 2.24) is 4.98 Å². The van der Waals surface area contributed by atoms with Crippen LogP contribution in [-0.4, -0.2) is 37.2 Å². The van der Waals surface area contributed by atoms with E-state index in [2.05, 4.69) is 22.4 Å². The number of rotatable bonds is 9. The van der Waals surface area contributed by atoms with Gasteiger partial charge in [0.1, 0.15) is 0 Å². The molecule has 0 aliphatic rings. The van der Waals surface area contributed by atoms with Crippen LogP contribution in [0.2, 0.25) is 0 Å². The summed E-state index contributed by atoms with van der Waals surface area (Å²) in [5, 5.41) is 4.93. The maximum atomic E-state index is 12.2. The van der Waals surface area contributed by atoms with E-state index >= 15 is 0 Å². The normalized spacial score (nSPS) is 10.4. The third kappa shape index (κ3) is 5.99. The molecule has 4 aromatic rings. The van der Waals surface area contributed by atoms with Crippen molar-refractivity contribution in [2.75, 3.05) is 25.6 Å². The molecular weight excluding hydrogens is 452 g/mol. The highest BCUT2D eigenvalue weighted by molar-refractivity contribution is 7.14. The van der Waals surface area contributed by atoms with Crippen molar-refractivity contribution < 1.29 is 23.8 Å². The molecule has 172 valence electrons. The molecule has 0 unspecified atom stereocenters. The van der Waals surface area contributed by atoms with Crippen LogP contribution in [0.1, 0.15) is 0 Å².